The Kier molecular flexibility index (Phi) is 4.22. The number of aliphatic hydroxyl groups is 1. The Labute approximate surface area is 113 Å². The fourth-order valence-electron chi connectivity index (χ4n) is 2.23. The Morgan fingerprint density at radius 2 is 2.05 bits per heavy atom. The largest absolute Gasteiger partial charge is 0.465 e. The maximum atomic E-state index is 11.3. The van der Waals surface area contributed by atoms with Crippen molar-refractivity contribution in [2.24, 2.45) is 5.92 Å². The van der Waals surface area contributed by atoms with Gasteiger partial charge in [0, 0.05) is 12.1 Å². The maximum absolute atomic E-state index is 11.3. The van der Waals surface area contributed by atoms with Gasteiger partial charge in [0.1, 0.15) is 0 Å². The van der Waals surface area contributed by atoms with Gasteiger partial charge >= 0.3 is 5.97 Å². The summed E-state index contributed by atoms with van der Waals surface area (Å²) in [5.74, 6) is 0.254. The number of ether oxygens (including phenoxy) is 1. The molecule has 0 radical (unpaired) electrons. The van der Waals surface area contributed by atoms with Gasteiger partial charge in [0.15, 0.2) is 0 Å². The molecule has 0 bridgehead atoms. The first-order chi connectivity index (χ1) is 9.09. The minimum atomic E-state index is -0.322. The highest BCUT2D eigenvalue weighted by Crippen LogP contribution is 2.39. The van der Waals surface area contributed by atoms with Crippen LogP contribution in [0.2, 0.25) is 0 Å². The van der Waals surface area contributed by atoms with E-state index in [0.29, 0.717) is 18.0 Å². The van der Waals surface area contributed by atoms with Crippen molar-refractivity contribution >= 4 is 5.97 Å². The molecule has 0 heterocycles. The minimum absolute atomic E-state index is 0.151. The van der Waals surface area contributed by atoms with E-state index in [1.807, 2.05) is 12.1 Å². The lowest BCUT2D eigenvalue weighted by Crippen LogP contribution is -2.47. The van der Waals surface area contributed by atoms with E-state index in [1.165, 1.54) is 20.0 Å². The molecule has 4 nitrogen and oxygen atoms in total. The second kappa shape index (κ2) is 5.72. The summed E-state index contributed by atoms with van der Waals surface area (Å²) in [7, 11) is 1.38. The summed E-state index contributed by atoms with van der Waals surface area (Å²) in [5.41, 5.74) is 1.45. The zero-order valence-corrected chi connectivity index (χ0v) is 11.5. The van der Waals surface area contributed by atoms with Crippen molar-refractivity contribution in [2.75, 3.05) is 13.7 Å². The third-order valence-electron chi connectivity index (χ3n) is 3.88. The van der Waals surface area contributed by atoms with E-state index in [0.717, 1.165) is 5.56 Å². The van der Waals surface area contributed by atoms with Crippen molar-refractivity contribution < 1.29 is 14.6 Å². The number of methoxy groups -OCH3 is 1. The van der Waals surface area contributed by atoms with Crippen LogP contribution in [0, 0.1) is 5.92 Å². The zero-order valence-electron chi connectivity index (χ0n) is 11.5. The van der Waals surface area contributed by atoms with Crippen LogP contribution < -0.4 is 5.32 Å². The summed E-state index contributed by atoms with van der Waals surface area (Å²) < 4.78 is 4.66. The molecular formula is C15H21NO3. The molecule has 1 aliphatic rings. The molecule has 1 atom stereocenters. The van der Waals surface area contributed by atoms with E-state index in [2.05, 4.69) is 17.0 Å². The molecule has 2 rings (SSSR count). The summed E-state index contributed by atoms with van der Waals surface area (Å²) in [6.07, 6.45) is 2.37. The predicted octanol–water partition coefficient (Wildman–Crippen LogP) is 1.72. The lowest BCUT2D eigenvalue weighted by atomic mass is 9.96. The minimum Gasteiger partial charge on any atom is -0.465 e. The normalized spacial score (nSPS) is 17.8. The number of carbonyl (C=O) groups excluding carboxylic acids is 1. The third kappa shape index (κ3) is 3.33. The van der Waals surface area contributed by atoms with Crippen LogP contribution in [0.25, 0.3) is 0 Å². The van der Waals surface area contributed by atoms with Crippen molar-refractivity contribution in [3.63, 3.8) is 0 Å². The number of hydrogen-bond donors (Lipinski definition) is 2. The SMILES string of the molecule is COC(=O)c1ccc(CNC(C)(CO)C2CC2)cc1. The standard InChI is InChI=1S/C15H21NO3/c1-15(10-17,13-7-8-13)16-9-11-3-5-12(6-4-11)14(18)19-2/h3-6,13,16-17H,7-10H2,1-2H3. The molecule has 0 amide bonds. The number of aliphatic hydroxyl groups excluding tert-OH is 1. The first kappa shape index (κ1) is 14.0. The Balaban J connectivity index is 1.94. The molecule has 1 aromatic carbocycles. The number of esters is 1. The van der Waals surface area contributed by atoms with Crippen LogP contribution in [-0.2, 0) is 11.3 Å². The molecule has 19 heavy (non-hydrogen) atoms. The van der Waals surface area contributed by atoms with Gasteiger partial charge in [0.25, 0.3) is 0 Å². The van der Waals surface area contributed by atoms with E-state index >= 15 is 0 Å². The molecule has 0 spiro atoms. The van der Waals surface area contributed by atoms with E-state index in [-0.39, 0.29) is 18.1 Å². The summed E-state index contributed by atoms with van der Waals surface area (Å²) in [6.45, 7) is 2.90. The van der Waals surface area contributed by atoms with Crippen molar-refractivity contribution in [2.45, 2.75) is 31.8 Å². The second-order valence-corrected chi connectivity index (χ2v) is 5.39. The number of hydrogen-bond acceptors (Lipinski definition) is 4. The van der Waals surface area contributed by atoms with Gasteiger partial charge in [-0.05, 0) is 43.4 Å². The molecule has 1 aliphatic carbocycles. The summed E-state index contributed by atoms with van der Waals surface area (Å²) in [5, 5.41) is 12.9. The molecule has 104 valence electrons. The predicted molar refractivity (Wildman–Crippen MR) is 72.8 cm³/mol. The fraction of sp³-hybridized carbons (Fsp3) is 0.533. The highest BCUT2D eigenvalue weighted by atomic mass is 16.5. The summed E-state index contributed by atoms with van der Waals surface area (Å²) in [4.78, 5) is 11.3. The van der Waals surface area contributed by atoms with Crippen LogP contribution in [0.3, 0.4) is 0 Å². The van der Waals surface area contributed by atoms with Gasteiger partial charge in [-0.2, -0.15) is 0 Å². The molecule has 4 heteroatoms. The van der Waals surface area contributed by atoms with Gasteiger partial charge in [-0.1, -0.05) is 12.1 Å². The van der Waals surface area contributed by atoms with E-state index in [1.54, 1.807) is 12.1 Å². The topological polar surface area (TPSA) is 58.6 Å². The van der Waals surface area contributed by atoms with E-state index in [4.69, 9.17) is 0 Å². The molecule has 1 fully saturated rings. The molecule has 0 saturated heterocycles. The highest BCUT2D eigenvalue weighted by molar-refractivity contribution is 5.89. The Hall–Kier alpha value is -1.39. The monoisotopic (exact) mass is 263 g/mol. The van der Waals surface area contributed by atoms with E-state index < -0.39 is 0 Å². The molecule has 0 aliphatic heterocycles. The molecule has 1 aromatic rings. The molecular weight excluding hydrogens is 242 g/mol. The van der Waals surface area contributed by atoms with Crippen LogP contribution in [0.15, 0.2) is 24.3 Å². The third-order valence-corrected chi connectivity index (χ3v) is 3.88. The lowest BCUT2D eigenvalue weighted by Gasteiger charge is -2.29. The fourth-order valence-corrected chi connectivity index (χ4v) is 2.23. The van der Waals surface area contributed by atoms with Crippen LogP contribution in [0.5, 0.6) is 0 Å². The van der Waals surface area contributed by atoms with E-state index in [9.17, 15) is 9.90 Å². The summed E-state index contributed by atoms with van der Waals surface area (Å²) in [6, 6.07) is 7.33. The van der Waals surface area contributed by atoms with Gasteiger partial charge in [0.05, 0.1) is 19.3 Å². The zero-order chi connectivity index (χ0) is 13.9. The van der Waals surface area contributed by atoms with Crippen LogP contribution in [-0.4, -0.2) is 30.3 Å². The summed E-state index contributed by atoms with van der Waals surface area (Å²) >= 11 is 0. The molecule has 1 unspecified atom stereocenters. The first-order valence-electron chi connectivity index (χ1n) is 6.62. The van der Waals surface area contributed by atoms with Gasteiger partial charge in [-0.25, -0.2) is 4.79 Å². The van der Waals surface area contributed by atoms with Crippen molar-refractivity contribution in [1.82, 2.24) is 5.32 Å². The average Bonchev–Trinajstić information content (AvgIpc) is 3.29. The Morgan fingerprint density at radius 3 is 2.53 bits per heavy atom. The second-order valence-electron chi connectivity index (χ2n) is 5.39. The first-order valence-corrected chi connectivity index (χ1v) is 6.62. The Bertz CT molecular complexity index is 439. The lowest BCUT2D eigenvalue weighted by molar-refractivity contribution is 0.0600. The number of benzene rings is 1. The van der Waals surface area contributed by atoms with Gasteiger partial charge < -0.3 is 15.2 Å². The number of rotatable bonds is 6. The highest BCUT2D eigenvalue weighted by Gasteiger charge is 2.40. The smallest absolute Gasteiger partial charge is 0.337 e. The maximum Gasteiger partial charge on any atom is 0.337 e. The van der Waals surface area contributed by atoms with Gasteiger partial charge in [0.2, 0.25) is 0 Å². The quantitative estimate of drug-likeness (QED) is 0.767. The van der Waals surface area contributed by atoms with Gasteiger partial charge in [-0.15, -0.1) is 0 Å². The number of carbonyl (C=O) groups is 1. The van der Waals surface area contributed by atoms with Crippen LogP contribution in [0.1, 0.15) is 35.7 Å². The van der Waals surface area contributed by atoms with Crippen molar-refractivity contribution in [3.8, 4) is 0 Å². The van der Waals surface area contributed by atoms with Gasteiger partial charge in [-0.3, -0.25) is 0 Å². The van der Waals surface area contributed by atoms with Crippen LogP contribution in [0.4, 0.5) is 0 Å². The molecule has 0 aromatic heterocycles. The molecule has 1 saturated carbocycles. The average molecular weight is 263 g/mol. The van der Waals surface area contributed by atoms with Crippen molar-refractivity contribution in [1.29, 1.82) is 0 Å². The van der Waals surface area contributed by atoms with Crippen LogP contribution >= 0.6 is 0 Å². The number of nitrogens with one attached hydrogen (secondary N) is 1. The molecule has 2 N–H and O–H groups in total. The Morgan fingerprint density at radius 1 is 1.42 bits per heavy atom. The van der Waals surface area contributed by atoms with Crippen molar-refractivity contribution in [3.05, 3.63) is 35.4 Å².